The van der Waals surface area contributed by atoms with Gasteiger partial charge >= 0.3 is 0 Å². The standard InChI is InChI=1S/C19H26BrN5O3S3/c1-6-25(7-2)31(27,28)19-16(26)15(12(3)30-19)24(4)18(23-29-5)17(21)22-14-11-9-8-10-13(14)20/h8-11,26H,6-7H2,1-5H3,(H2,21,22)/b23-18+. The lowest BCUT2D eigenvalue weighted by Crippen LogP contribution is -2.37. The number of nitrogens with one attached hydrogen (secondary N) is 2. The predicted octanol–water partition coefficient (Wildman–Crippen LogP) is 4.76. The molecule has 3 N–H and O–H groups in total. The van der Waals surface area contributed by atoms with Crippen molar-refractivity contribution in [1.82, 2.24) is 4.31 Å². The zero-order valence-corrected chi connectivity index (χ0v) is 22.0. The lowest BCUT2D eigenvalue weighted by atomic mass is 10.3. The van der Waals surface area contributed by atoms with E-state index in [1.807, 2.05) is 24.3 Å². The predicted molar refractivity (Wildman–Crippen MR) is 136 cm³/mol. The van der Waals surface area contributed by atoms with Crippen molar-refractivity contribution in [2.45, 2.75) is 25.0 Å². The minimum absolute atomic E-state index is 0.00176. The first-order chi connectivity index (χ1) is 14.6. The van der Waals surface area contributed by atoms with Crippen LogP contribution in [0.15, 0.2) is 37.3 Å². The number of para-hydroxylation sites is 1. The third kappa shape index (κ3) is 5.43. The van der Waals surface area contributed by atoms with E-state index >= 15 is 0 Å². The molecule has 0 unspecified atom stereocenters. The maximum absolute atomic E-state index is 13.0. The van der Waals surface area contributed by atoms with Gasteiger partial charge in [0.15, 0.2) is 21.6 Å². The van der Waals surface area contributed by atoms with Crippen molar-refractivity contribution in [1.29, 1.82) is 5.41 Å². The summed E-state index contributed by atoms with van der Waals surface area (Å²) in [6, 6.07) is 7.38. The molecule has 8 nitrogen and oxygen atoms in total. The lowest BCUT2D eigenvalue weighted by molar-refractivity contribution is 0.434. The highest BCUT2D eigenvalue weighted by atomic mass is 79.9. The monoisotopic (exact) mass is 547 g/mol. The molecule has 1 heterocycles. The van der Waals surface area contributed by atoms with E-state index in [0.29, 0.717) is 29.3 Å². The van der Waals surface area contributed by atoms with E-state index < -0.39 is 10.0 Å². The Morgan fingerprint density at radius 1 is 1.32 bits per heavy atom. The Bertz CT molecular complexity index is 1080. The molecule has 2 rings (SSSR count). The molecule has 0 saturated heterocycles. The second-order valence-electron chi connectivity index (χ2n) is 6.37. The quantitative estimate of drug-likeness (QED) is 0.262. The SMILES string of the molecule is CCN(CC)S(=O)(=O)c1sc(C)c(N(C)/C(=N/SC)C(=N)Nc2ccccc2Br)c1O. The fourth-order valence-corrected chi connectivity index (χ4v) is 6.91. The minimum Gasteiger partial charge on any atom is -0.504 e. The summed E-state index contributed by atoms with van der Waals surface area (Å²) in [5.74, 6) is -0.0902. The first kappa shape index (κ1) is 25.7. The van der Waals surface area contributed by atoms with Gasteiger partial charge < -0.3 is 15.3 Å². The van der Waals surface area contributed by atoms with E-state index in [-0.39, 0.29) is 21.6 Å². The van der Waals surface area contributed by atoms with Gasteiger partial charge in [-0.3, -0.25) is 5.41 Å². The molecular formula is C19H26BrN5O3S3. The van der Waals surface area contributed by atoms with Crippen LogP contribution in [0.3, 0.4) is 0 Å². The van der Waals surface area contributed by atoms with Crippen LogP contribution in [0, 0.1) is 12.3 Å². The number of hydrogen-bond acceptors (Lipinski definition) is 7. The van der Waals surface area contributed by atoms with Crippen LogP contribution in [0.1, 0.15) is 18.7 Å². The van der Waals surface area contributed by atoms with E-state index in [1.54, 1.807) is 34.1 Å². The molecule has 12 heteroatoms. The van der Waals surface area contributed by atoms with Crippen LogP contribution < -0.4 is 10.2 Å². The Hall–Kier alpha value is -1.60. The van der Waals surface area contributed by atoms with Crippen LogP contribution >= 0.6 is 39.2 Å². The zero-order chi connectivity index (χ0) is 23.3. The fourth-order valence-electron chi connectivity index (χ4n) is 2.97. The summed E-state index contributed by atoms with van der Waals surface area (Å²) in [4.78, 5) is 2.14. The number of sulfonamides is 1. The Morgan fingerprint density at radius 2 is 1.94 bits per heavy atom. The van der Waals surface area contributed by atoms with Gasteiger partial charge in [0.2, 0.25) is 0 Å². The van der Waals surface area contributed by atoms with E-state index in [0.717, 1.165) is 27.8 Å². The molecule has 0 amide bonds. The molecule has 31 heavy (non-hydrogen) atoms. The Labute approximate surface area is 200 Å². The smallest absolute Gasteiger partial charge is 0.256 e. The van der Waals surface area contributed by atoms with Crippen LogP contribution in [0.2, 0.25) is 0 Å². The Kier molecular flexibility index (Phi) is 8.95. The summed E-state index contributed by atoms with van der Waals surface area (Å²) in [6.07, 6.45) is 1.76. The van der Waals surface area contributed by atoms with Crippen LogP contribution in [-0.4, -0.2) is 55.9 Å². The molecule has 170 valence electrons. The summed E-state index contributed by atoms with van der Waals surface area (Å²) < 4.78 is 32.3. The van der Waals surface area contributed by atoms with Crippen molar-refractivity contribution in [2.75, 3.05) is 36.6 Å². The third-order valence-electron chi connectivity index (χ3n) is 4.46. The Balaban J connectivity index is 2.47. The highest BCUT2D eigenvalue weighted by Crippen LogP contribution is 2.44. The summed E-state index contributed by atoms with van der Waals surface area (Å²) in [6.45, 7) is 5.85. The van der Waals surface area contributed by atoms with Crippen molar-refractivity contribution in [3.05, 3.63) is 33.6 Å². The molecule has 2 aromatic rings. The maximum atomic E-state index is 13.0. The van der Waals surface area contributed by atoms with Crippen LogP contribution in [0.4, 0.5) is 11.4 Å². The summed E-state index contributed by atoms with van der Waals surface area (Å²) >= 11 is 5.61. The molecule has 1 aromatic heterocycles. The van der Waals surface area contributed by atoms with Crippen molar-refractivity contribution in [3.63, 3.8) is 0 Å². The van der Waals surface area contributed by atoms with Gasteiger partial charge in [0.05, 0.1) is 11.4 Å². The van der Waals surface area contributed by atoms with Crippen LogP contribution in [0.25, 0.3) is 0 Å². The topological polar surface area (TPSA) is 109 Å². The largest absolute Gasteiger partial charge is 0.504 e. The second-order valence-corrected chi connectivity index (χ2v) is 11.1. The van der Waals surface area contributed by atoms with Gasteiger partial charge in [-0.15, -0.1) is 11.3 Å². The average molecular weight is 549 g/mol. The second kappa shape index (κ2) is 10.8. The Morgan fingerprint density at radius 3 is 2.48 bits per heavy atom. The number of benzene rings is 1. The maximum Gasteiger partial charge on any atom is 0.256 e. The van der Waals surface area contributed by atoms with Crippen molar-refractivity contribution in [3.8, 4) is 5.75 Å². The van der Waals surface area contributed by atoms with Crippen LogP contribution in [-0.2, 0) is 10.0 Å². The number of anilines is 2. The number of hydrogen-bond donors (Lipinski definition) is 3. The number of amidine groups is 2. The van der Waals surface area contributed by atoms with Gasteiger partial charge in [0.1, 0.15) is 0 Å². The zero-order valence-electron chi connectivity index (χ0n) is 17.9. The van der Waals surface area contributed by atoms with Gasteiger partial charge in [0.25, 0.3) is 10.0 Å². The number of rotatable bonds is 7. The summed E-state index contributed by atoms with van der Waals surface area (Å²) in [7, 11) is -2.18. The number of nitrogens with zero attached hydrogens (tertiary/aromatic N) is 3. The van der Waals surface area contributed by atoms with Gasteiger partial charge in [-0.2, -0.15) is 8.70 Å². The molecule has 0 radical (unpaired) electrons. The number of halogens is 1. The fraction of sp³-hybridized carbons (Fsp3) is 0.368. The normalized spacial score (nSPS) is 12.3. The molecule has 0 saturated carbocycles. The van der Waals surface area contributed by atoms with E-state index in [2.05, 4.69) is 25.6 Å². The highest BCUT2D eigenvalue weighted by Gasteiger charge is 2.32. The molecule has 0 bridgehead atoms. The number of thiophene rings is 1. The van der Waals surface area contributed by atoms with Gasteiger partial charge in [-0.1, -0.05) is 26.0 Å². The third-order valence-corrected chi connectivity index (χ3v) is 9.13. The molecule has 0 aliphatic rings. The molecule has 0 spiro atoms. The summed E-state index contributed by atoms with van der Waals surface area (Å²) in [5.41, 5.74) is 0.993. The van der Waals surface area contributed by atoms with Crippen LogP contribution in [0.5, 0.6) is 5.75 Å². The number of aryl methyl sites for hydroxylation is 1. The number of aromatic hydroxyl groups is 1. The number of likely N-dealkylation sites (N-methyl/N-ethyl adjacent to an activating group) is 1. The highest BCUT2D eigenvalue weighted by molar-refractivity contribution is 9.10. The van der Waals surface area contributed by atoms with E-state index in [9.17, 15) is 13.5 Å². The van der Waals surface area contributed by atoms with Crippen molar-refractivity contribution < 1.29 is 13.5 Å². The van der Waals surface area contributed by atoms with Gasteiger partial charge in [0, 0.05) is 35.7 Å². The first-order valence-corrected chi connectivity index (χ1v) is 13.6. The van der Waals surface area contributed by atoms with Gasteiger partial charge in [-0.25, -0.2) is 8.42 Å². The van der Waals surface area contributed by atoms with E-state index in [4.69, 9.17) is 5.41 Å². The molecule has 0 atom stereocenters. The first-order valence-electron chi connectivity index (χ1n) is 9.37. The molecule has 0 aliphatic heterocycles. The van der Waals surface area contributed by atoms with Crippen molar-refractivity contribution >= 4 is 72.3 Å². The molecule has 0 fully saturated rings. The average Bonchev–Trinajstić information content (AvgIpc) is 3.02. The lowest BCUT2D eigenvalue weighted by Gasteiger charge is -2.23. The van der Waals surface area contributed by atoms with E-state index in [1.165, 1.54) is 9.21 Å². The molecular weight excluding hydrogens is 522 g/mol. The minimum atomic E-state index is -3.82. The molecule has 1 aromatic carbocycles. The van der Waals surface area contributed by atoms with Gasteiger partial charge in [-0.05, 0) is 46.9 Å². The molecule has 0 aliphatic carbocycles. The van der Waals surface area contributed by atoms with Crippen molar-refractivity contribution in [2.24, 2.45) is 4.40 Å². The summed E-state index contributed by atoms with van der Waals surface area (Å²) in [5, 5.41) is 22.4.